The molecule has 1 heterocycles. The maximum Gasteiger partial charge on any atom is 0.321 e. The highest BCUT2D eigenvalue weighted by atomic mass is 28.4. The fourth-order valence-electron chi connectivity index (χ4n) is 2.39. The van der Waals surface area contributed by atoms with Crippen LogP contribution in [0.2, 0.25) is 31.2 Å². The van der Waals surface area contributed by atoms with E-state index in [0.29, 0.717) is 13.2 Å². The summed E-state index contributed by atoms with van der Waals surface area (Å²) >= 11 is 0. The highest BCUT2D eigenvalue weighted by Gasteiger charge is 2.43. The van der Waals surface area contributed by atoms with Gasteiger partial charge in [-0.05, 0) is 31.2 Å². The average Bonchev–Trinajstić information content (AvgIpc) is 3.05. The van der Waals surface area contributed by atoms with Crippen LogP contribution < -0.4 is 0 Å². The van der Waals surface area contributed by atoms with Crippen molar-refractivity contribution in [3.8, 4) is 0 Å². The van der Waals surface area contributed by atoms with Crippen LogP contribution in [-0.4, -0.2) is 42.0 Å². The van der Waals surface area contributed by atoms with E-state index >= 15 is 0 Å². The van der Waals surface area contributed by atoms with Gasteiger partial charge in [0.15, 0.2) is 14.2 Å². The molecule has 1 aliphatic heterocycles. The van der Waals surface area contributed by atoms with E-state index in [0.717, 1.165) is 5.90 Å². The molecule has 0 N–H and O–H groups in total. The molecule has 6 heteroatoms. The van der Waals surface area contributed by atoms with Gasteiger partial charge in [0.2, 0.25) is 0 Å². The van der Waals surface area contributed by atoms with Crippen molar-refractivity contribution in [3.05, 3.63) is 24.3 Å². The van der Waals surface area contributed by atoms with Crippen LogP contribution in [0.15, 0.2) is 29.3 Å². The maximum atomic E-state index is 6.52. The Morgan fingerprint density at radius 1 is 1.17 bits per heavy atom. The van der Waals surface area contributed by atoms with Crippen LogP contribution in [0.5, 0.6) is 0 Å². The molecule has 1 aliphatic carbocycles. The number of hydrogen-bond donors (Lipinski definition) is 0. The molecule has 0 aromatic rings. The summed E-state index contributed by atoms with van der Waals surface area (Å²) in [5.41, 5.74) is 0. The smallest absolute Gasteiger partial charge is 0.321 e. The normalized spacial score (nSPS) is 22.6. The molecule has 0 saturated carbocycles. The van der Waals surface area contributed by atoms with E-state index in [9.17, 15) is 0 Å². The minimum absolute atomic E-state index is 0.0854. The third-order valence-electron chi connectivity index (χ3n) is 4.70. The van der Waals surface area contributed by atoms with Gasteiger partial charge in [0.05, 0.1) is 12.5 Å². The topological polar surface area (TPSA) is 40.0 Å². The van der Waals surface area contributed by atoms with Crippen molar-refractivity contribution in [1.82, 2.24) is 0 Å². The molecule has 0 bridgehead atoms. The van der Waals surface area contributed by atoms with E-state index in [1.807, 2.05) is 12.2 Å². The minimum Gasteiger partial charge on any atom is -0.478 e. The Bertz CT molecular complexity index is 506. The summed E-state index contributed by atoms with van der Waals surface area (Å²) < 4.78 is 18.4. The molecule has 130 valence electrons. The summed E-state index contributed by atoms with van der Waals surface area (Å²) in [6.45, 7) is 16.8. The Morgan fingerprint density at radius 2 is 1.78 bits per heavy atom. The number of ether oxygens (including phenoxy) is 1. The number of rotatable bonds is 6. The fraction of sp³-hybridized carbons (Fsp3) is 0.706. The first-order chi connectivity index (χ1) is 10.5. The Hall–Kier alpha value is -0.696. The lowest BCUT2D eigenvalue weighted by Gasteiger charge is -2.41. The largest absolute Gasteiger partial charge is 0.478 e. The number of allylic oxidation sites excluding steroid dienone is 2. The molecule has 0 unspecified atom stereocenters. The van der Waals surface area contributed by atoms with Crippen molar-refractivity contribution in [2.45, 2.75) is 58.0 Å². The second-order valence-corrected chi connectivity index (χ2v) is 16.7. The first-order valence-corrected chi connectivity index (χ1v) is 14.1. The molecular weight excluding hydrogens is 322 g/mol. The van der Waals surface area contributed by atoms with Crippen LogP contribution in [0.1, 0.15) is 20.8 Å². The fourth-order valence-corrected chi connectivity index (χ4v) is 9.36. The number of nitrogens with zero attached hydrogens (tertiary/aromatic N) is 1. The molecule has 2 aliphatic rings. The van der Waals surface area contributed by atoms with Crippen LogP contribution in [0.25, 0.3) is 0 Å². The number of aliphatic imine (C=N–C) groups is 1. The van der Waals surface area contributed by atoms with Crippen LogP contribution in [0, 0.1) is 5.92 Å². The van der Waals surface area contributed by atoms with E-state index in [2.05, 4.69) is 64.1 Å². The van der Waals surface area contributed by atoms with Crippen molar-refractivity contribution in [3.63, 3.8) is 0 Å². The van der Waals surface area contributed by atoms with E-state index in [-0.39, 0.29) is 17.0 Å². The summed E-state index contributed by atoms with van der Waals surface area (Å²) in [5.74, 6) is 1.02. The standard InChI is InChI=1S/C17H31NO3Si2/c1-17(2,3)22(4,5)21-23(6,7)20-13-15-12-19-16(18-15)14-10-8-9-11-14/h8-11,14-15H,12-13H2,1-7H3/t15-/m0/s1. The summed E-state index contributed by atoms with van der Waals surface area (Å²) in [7, 11) is -3.96. The molecule has 0 amide bonds. The molecule has 23 heavy (non-hydrogen) atoms. The lowest BCUT2D eigenvalue weighted by atomic mass is 10.2. The molecule has 1 atom stereocenters. The molecule has 2 rings (SSSR count). The first kappa shape index (κ1) is 18.6. The van der Waals surface area contributed by atoms with Crippen molar-refractivity contribution in [2.24, 2.45) is 10.9 Å². The van der Waals surface area contributed by atoms with Crippen molar-refractivity contribution >= 4 is 22.8 Å². The van der Waals surface area contributed by atoms with Crippen LogP contribution in [-0.2, 0) is 13.3 Å². The van der Waals surface area contributed by atoms with E-state index in [4.69, 9.17) is 13.3 Å². The molecule has 4 nitrogen and oxygen atoms in total. The second-order valence-electron chi connectivity index (χ2n) is 8.30. The summed E-state index contributed by atoms with van der Waals surface area (Å²) in [6.07, 6.45) is 8.26. The minimum atomic E-state index is -2.16. The molecular formula is C17H31NO3Si2. The Balaban J connectivity index is 1.87. The van der Waals surface area contributed by atoms with Gasteiger partial charge in [-0.3, -0.25) is 0 Å². The molecule has 0 aromatic heterocycles. The highest BCUT2D eigenvalue weighted by Crippen LogP contribution is 2.38. The van der Waals surface area contributed by atoms with Crippen molar-refractivity contribution in [1.29, 1.82) is 0 Å². The van der Waals surface area contributed by atoms with E-state index in [1.54, 1.807) is 0 Å². The molecule has 0 radical (unpaired) electrons. The lowest BCUT2D eigenvalue weighted by molar-refractivity contribution is 0.202. The second kappa shape index (κ2) is 6.66. The van der Waals surface area contributed by atoms with Gasteiger partial charge in [0, 0.05) is 0 Å². The molecule has 0 aromatic carbocycles. The molecule has 0 spiro atoms. The van der Waals surface area contributed by atoms with Gasteiger partial charge in [-0.25, -0.2) is 4.99 Å². The van der Waals surface area contributed by atoms with Gasteiger partial charge >= 0.3 is 8.56 Å². The monoisotopic (exact) mass is 353 g/mol. The quantitative estimate of drug-likeness (QED) is 0.670. The Kier molecular flexibility index (Phi) is 5.40. The predicted molar refractivity (Wildman–Crippen MR) is 101 cm³/mol. The van der Waals surface area contributed by atoms with E-state index in [1.165, 1.54) is 0 Å². The third-order valence-corrected chi connectivity index (χ3v) is 13.2. The zero-order valence-corrected chi connectivity index (χ0v) is 17.6. The van der Waals surface area contributed by atoms with Gasteiger partial charge in [0.25, 0.3) is 0 Å². The number of hydrogen-bond acceptors (Lipinski definition) is 4. The van der Waals surface area contributed by atoms with Gasteiger partial charge in [-0.1, -0.05) is 45.1 Å². The van der Waals surface area contributed by atoms with Crippen LogP contribution >= 0.6 is 0 Å². The molecule has 0 fully saturated rings. The van der Waals surface area contributed by atoms with Gasteiger partial charge < -0.3 is 13.3 Å². The van der Waals surface area contributed by atoms with Crippen LogP contribution in [0.3, 0.4) is 0 Å². The Labute approximate surface area is 143 Å². The third kappa shape index (κ3) is 4.89. The summed E-state index contributed by atoms with van der Waals surface area (Å²) in [6, 6.07) is 0.0854. The zero-order valence-electron chi connectivity index (χ0n) is 15.6. The SMILES string of the molecule is CC(C)(C)[Si](C)(C)O[Si](C)(C)OC[C@@H]1COC(C2C=CC=C2)=N1. The average molecular weight is 354 g/mol. The summed E-state index contributed by atoms with van der Waals surface area (Å²) in [4.78, 5) is 4.66. The van der Waals surface area contributed by atoms with Gasteiger partial charge in [0.1, 0.15) is 12.6 Å². The highest BCUT2D eigenvalue weighted by molar-refractivity contribution is 6.83. The van der Waals surface area contributed by atoms with Gasteiger partial charge in [-0.15, -0.1) is 0 Å². The zero-order chi connectivity index (χ0) is 17.3. The van der Waals surface area contributed by atoms with Crippen LogP contribution in [0.4, 0.5) is 0 Å². The van der Waals surface area contributed by atoms with Crippen molar-refractivity contribution < 1.29 is 13.3 Å². The van der Waals surface area contributed by atoms with E-state index < -0.39 is 16.9 Å². The lowest BCUT2D eigenvalue weighted by Crippen LogP contribution is -2.52. The molecule has 0 saturated heterocycles. The predicted octanol–water partition coefficient (Wildman–Crippen LogP) is 4.27. The Morgan fingerprint density at radius 3 is 2.35 bits per heavy atom. The van der Waals surface area contributed by atoms with Gasteiger partial charge in [-0.2, -0.15) is 0 Å². The summed E-state index contributed by atoms with van der Waals surface area (Å²) in [5, 5.41) is 0.198. The maximum absolute atomic E-state index is 6.52. The van der Waals surface area contributed by atoms with Crippen molar-refractivity contribution in [2.75, 3.05) is 13.2 Å². The first-order valence-electron chi connectivity index (χ1n) is 8.40.